The molecule has 2 aromatic heterocycles. The molecule has 4 rings (SSSR count). The summed E-state index contributed by atoms with van der Waals surface area (Å²) in [4.78, 5) is 22.9. The van der Waals surface area contributed by atoms with Crippen molar-refractivity contribution in [2.45, 2.75) is 31.6 Å². The molecular formula is C21H23ClN6O. The molecule has 150 valence electrons. The fraction of sp³-hybridized carbons (Fsp3) is 0.429. The fourth-order valence-corrected chi connectivity index (χ4v) is 4.96. The van der Waals surface area contributed by atoms with Crippen LogP contribution in [-0.2, 0) is 5.41 Å². The van der Waals surface area contributed by atoms with Gasteiger partial charge in [-0.05, 0) is 38.3 Å². The number of anilines is 2. The Morgan fingerprint density at radius 2 is 2.14 bits per heavy atom. The van der Waals surface area contributed by atoms with E-state index in [0.717, 1.165) is 37.2 Å². The Kier molecular flexibility index (Phi) is 4.43. The number of nitrogens with two attached hydrogens (primary N) is 1. The zero-order chi connectivity index (χ0) is 21.0. The molecule has 7 nitrogen and oxygen atoms in total. The Morgan fingerprint density at radius 3 is 2.79 bits per heavy atom. The lowest BCUT2D eigenvalue weighted by Crippen LogP contribution is -2.27. The van der Waals surface area contributed by atoms with Gasteiger partial charge in [-0.2, -0.15) is 5.26 Å². The van der Waals surface area contributed by atoms with Gasteiger partial charge < -0.3 is 16.0 Å². The van der Waals surface area contributed by atoms with Crippen molar-refractivity contribution in [3.8, 4) is 17.3 Å². The number of halogens is 1. The zero-order valence-electron chi connectivity index (χ0n) is 16.7. The SMILES string of the molecule is CN(C)C(=O)c1nc(-c2cnc3c(c2Cl)[C@@]2(CC[C@@](C)(C#N)C2)CN3)ccc1N. The van der Waals surface area contributed by atoms with Gasteiger partial charge in [-0.25, -0.2) is 9.97 Å². The number of rotatable bonds is 2. The molecular weight excluding hydrogens is 388 g/mol. The monoisotopic (exact) mass is 410 g/mol. The van der Waals surface area contributed by atoms with Crippen LogP contribution < -0.4 is 11.1 Å². The van der Waals surface area contributed by atoms with Crippen LogP contribution in [0.1, 0.15) is 42.2 Å². The number of amides is 1. The van der Waals surface area contributed by atoms with Crippen molar-refractivity contribution < 1.29 is 4.79 Å². The smallest absolute Gasteiger partial charge is 0.274 e. The molecule has 2 aromatic rings. The van der Waals surface area contributed by atoms with Crippen LogP contribution in [0, 0.1) is 16.7 Å². The molecule has 1 aliphatic carbocycles. The molecule has 1 fully saturated rings. The van der Waals surface area contributed by atoms with E-state index in [4.69, 9.17) is 17.3 Å². The molecule has 1 saturated carbocycles. The van der Waals surface area contributed by atoms with Gasteiger partial charge in [-0.3, -0.25) is 4.79 Å². The average molecular weight is 411 g/mol. The van der Waals surface area contributed by atoms with E-state index in [1.165, 1.54) is 4.90 Å². The van der Waals surface area contributed by atoms with Crippen LogP contribution in [0.3, 0.4) is 0 Å². The minimum absolute atomic E-state index is 0.190. The van der Waals surface area contributed by atoms with E-state index < -0.39 is 0 Å². The Hall–Kier alpha value is -2.85. The lowest BCUT2D eigenvalue weighted by Gasteiger charge is -2.26. The lowest BCUT2D eigenvalue weighted by molar-refractivity contribution is 0.0823. The van der Waals surface area contributed by atoms with Crippen molar-refractivity contribution in [2.24, 2.45) is 5.41 Å². The van der Waals surface area contributed by atoms with E-state index in [1.54, 1.807) is 32.4 Å². The quantitative estimate of drug-likeness (QED) is 0.784. The number of pyridine rings is 2. The topological polar surface area (TPSA) is 108 Å². The predicted molar refractivity (Wildman–Crippen MR) is 113 cm³/mol. The van der Waals surface area contributed by atoms with Gasteiger partial charge in [-0.1, -0.05) is 11.6 Å². The molecule has 3 N–H and O–H groups in total. The molecule has 0 unspecified atom stereocenters. The summed E-state index contributed by atoms with van der Waals surface area (Å²) in [7, 11) is 3.31. The molecule has 3 heterocycles. The van der Waals surface area contributed by atoms with Gasteiger partial charge in [0.2, 0.25) is 0 Å². The number of carbonyl (C=O) groups excluding carboxylic acids is 1. The van der Waals surface area contributed by atoms with Gasteiger partial charge >= 0.3 is 0 Å². The lowest BCUT2D eigenvalue weighted by atomic mass is 9.77. The normalized spacial score (nSPS) is 24.8. The molecule has 1 spiro atoms. The first-order valence-electron chi connectivity index (χ1n) is 9.52. The fourth-order valence-electron chi connectivity index (χ4n) is 4.53. The van der Waals surface area contributed by atoms with Gasteiger partial charge in [0.1, 0.15) is 5.82 Å². The van der Waals surface area contributed by atoms with E-state index in [1.807, 2.05) is 6.92 Å². The predicted octanol–water partition coefficient (Wildman–Crippen LogP) is 3.46. The molecule has 0 bridgehead atoms. The molecule has 0 saturated heterocycles. The highest BCUT2D eigenvalue weighted by atomic mass is 35.5. The summed E-state index contributed by atoms with van der Waals surface area (Å²) in [6, 6.07) is 5.88. The maximum atomic E-state index is 12.4. The summed E-state index contributed by atoms with van der Waals surface area (Å²) < 4.78 is 0. The molecule has 2 aliphatic rings. The molecule has 1 amide bonds. The number of carbonyl (C=O) groups is 1. The Labute approximate surface area is 174 Å². The van der Waals surface area contributed by atoms with E-state index in [0.29, 0.717) is 22.0 Å². The van der Waals surface area contributed by atoms with Crippen LogP contribution in [0.2, 0.25) is 5.02 Å². The first-order valence-corrected chi connectivity index (χ1v) is 9.90. The van der Waals surface area contributed by atoms with E-state index in [2.05, 4.69) is 21.4 Å². The highest BCUT2D eigenvalue weighted by molar-refractivity contribution is 6.34. The number of hydrogen-bond donors (Lipinski definition) is 2. The second-order valence-corrected chi connectivity index (χ2v) is 8.90. The van der Waals surface area contributed by atoms with Gasteiger partial charge in [0.25, 0.3) is 5.91 Å². The highest BCUT2D eigenvalue weighted by Crippen LogP contribution is 2.56. The van der Waals surface area contributed by atoms with Gasteiger partial charge in [0, 0.05) is 43.4 Å². The van der Waals surface area contributed by atoms with E-state index >= 15 is 0 Å². The number of aromatic nitrogens is 2. The van der Waals surface area contributed by atoms with Gasteiger partial charge in [-0.15, -0.1) is 0 Å². The van der Waals surface area contributed by atoms with Crippen molar-refractivity contribution in [3.63, 3.8) is 0 Å². The van der Waals surface area contributed by atoms with Crippen LogP contribution in [0.4, 0.5) is 11.5 Å². The number of nitrogens with one attached hydrogen (secondary N) is 1. The summed E-state index contributed by atoms with van der Waals surface area (Å²) in [5.41, 5.74) is 8.06. The average Bonchev–Trinajstić information content (AvgIpc) is 3.23. The largest absolute Gasteiger partial charge is 0.397 e. The number of nitrogen functional groups attached to an aromatic ring is 1. The number of fused-ring (bicyclic) bond motifs is 2. The third-order valence-corrected chi connectivity index (χ3v) is 6.50. The Morgan fingerprint density at radius 1 is 1.38 bits per heavy atom. The highest BCUT2D eigenvalue weighted by Gasteiger charge is 2.52. The van der Waals surface area contributed by atoms with Crippen LogP contribution in [0.15, 0.2) is 18.3 Å². The third kappa shape index (κ3) is 2.99. The minimum Gasteiger partial charge on any atom is -0.397 e. The maximum absolute atomic E-state index is 12.4. The Bertz CT molecular complexity index is 1060. The zero-order valence-corrected chi connectivity index (χ0v) is 17.5. The van der Waals surface area contributed by atoms with Crippen LogP contribution in [0.25, 0.3) is 11.3 Å². The van der Waals surface area contributed by atoms with Crippen LogP contribution >= 0.6 is 11.6 Å². The summed E-state index contributed by atoms with van der Waals surface area (Å²) in [5, 5.41) is 13.5. The van der Waals surface area contributed by atoms with Gasteiger partial charge in [0.05, 0.1) is 27.9 Å². The van der Waals surface area contributed by atoms with Crippen molar-refractivity contribution >= 4 is 29.0 Å². The summed E-state index contributed by atoms with van der Waals surface area (Å²) >= 11 is 6.90. The minimum atomic E-state index is -0.368. The first-order chi connectivity index (χ1) is 13.7. The Balaban J connectivity index is 1.82. The molecule has 8 heteroatoms. The van der Waals surface area contributed by atoms with Crippen molar-refractivity contribution in [1.29, 1.82) is 5.26 Å². The molecule has 0 radical (unpaired) electrons. The maximum Gasteiger partial charge on any atom is 0.274 e. The van der Waals surface area contributed by atoms with Gasteiger partial charge in [0.15, 0.2) is 5.69 Å². The summed E-state index contributed by atoms with van der Waals surface area (Å²) in [6.45, 7) is 2.72. The van der Waals surface area contributed by atoms with E-state index in [9.17, 15) is 10.1 Å². The summed E-state index contributed by atoms with van der Waals surface area (Å²) in [6.07, 6.45) is 4.11. The van der Waals surface area contributed by atoms with E-state index in [-0.39, 0.29) is 22.4 Å². The third-order valence-electron chi connectivity index (χ3n) is 6.11. The van der Waals surface area contributed by atoms with Crippen molar-refractivity contribution in [2.75, 3.05) is 31.7 Å². The number of hydrogen-bond acceptors (Lipinski definition) is 6. The van der Waals surface area contributed by atoms with Crippen LogP contribution in [0.5, 0.6) is 0 Å². The molecule has 0 aromatic carbocycles. The van der Waals surface area contributed by atoms with Crippen molar-refractivity contribution in [3.05, 3.63) is 34.6 Å². The van der Waals surface area contributed by atoms with Crippen molar-refractivity contribution in [1.82, 2.24) is 14.9 Å². The molecule has 29 heavy (non-hydrogen) atoms. The second kappa shape index (κ2) is 6.60. The van der Waals surface area contributed by atoms with Crippen LogP contribution in [-0.4, -0.2) is 41.4 Å². The number of nitrogens with zero attached hydrogens (tertiary/aromatic N) is 4. The molecule has 1 aliphatic heterocycles. The summed E-state index contributed by atoms with van der Waals surface area (Å²) in [5.74, 6) is 0.495. The number of nitriles is 1. The molecule has 2 atom stereocenters. The standard InChI is InChI=1S/C21H23ClN6O/c1-20(10-23)6-7-21(9-20)11-26-18-15(21)16(22)12(8-25-18)14-5-4-13(24)17(27-14)19(29)28(2)3/h4-5,8H,6-7,9,11,24H2,1-3H3,(H,25,26)/t20-,21-/m1/s1. The second-order valence-electron chi connectivity index (χ2n) is 8.53. The first kappa shape index (κ1) is 19.5.